The number of carbonyl (C=O) groups excluding carboxylic acids is 3. The van der Waals surface area contributed by atoms with E-state index in [1.54, 1.807) is 0 Å². The van der Waals surface area contributed by atoms with Crippen LogP contribution < -0.4 is 0 Å². The van der Waals surface area contributed by atoms with Gasteiger partial charge in [-0.2, -0.15) is 0 Å². The van der Waals surface area contributed by atoms with E-state index in [2.05, 4.69) is 65.4 Å². The lowest BCUT2D eigenvalue weighted by molar-refractivity contribution is -0.146. The summed E-state index contributed by atoms with van der Waals surface area (Å²) in [5.41, 5.74) is 0. The standard InChI is InChI=1S/C66H130N2O5/c1-9-15-20-24-28-30-34-40-49-60(47-38-32-26-22-17-11-3)58-72-64(69)54-44-36-42-52-63(68(57-46-56-67(7)8)66(71)62(14-6)51-19-13-5)53-43-37-45-55-65(70)73-59-61(48-39-33-27-23-18-12-4)50-41-35-31-29-25-21-16-10-2/h60-63H,9-59H2,1-8H3. The minimum Gasteiger partial charge on any atom is -0.465 e. The molecule has 0 N–H and O–H groups in total. The lowest BCUT2D eigenvalue weighted by Crippen LogP contribution is -2.45. The van der Waals surface area contributed by atoms with E-state index in [4.69, 9.17) is 9.47 Å². The highest BCUT2D eigenvalue weighted by molar-refractivity contribution is 5.79. The molecule has 0 heterocycles. The van der Waals surface area contributed by atoms with Crippen LogP contribution in [0.25, 0.3) is 0 Å². The van der Waals surface area contributed by atoms with Crippen LogP contribution in [0.15, 0.2) is 0 Å². The summed E-state index contributed by atoms with van der Waals surface area (Å²) >= 11 is 0. The molecule has 73 heavy (non-hydrogen) atoms. The first-order valence-corrected chi connectivity index (χ1v) is 32.9. The molecule has 0 aromatic carbocycles. The van der Waals surface area contributed by atoms with Crippen LogP contribution in [0.4, 0.5) is 0 Å². The number of amides is 1. The van der Waals surface area contributed by atoms with E-state index in [0.717, 1.165) is 96.6 Å². The summed E-state index contributed by atoms with van der Waals surface area (Å²) in [6, 6.07) is 0.183. The summed E-state index contributed by atoms with van der Waals surface area (Å²) in [5.74, 6) is 1.34. The summed E-state index contributed by atoms with van der Waals surface area (Å²) in [6.07, 6.45) is 55.3. The first-order chi connectivity index (χ1) is 35.7. The van der Waals surface area contributed by atoms with Crippen LogP contribution in [0.5, 0.6) is 0 Å². The minimum atomic E-state index is -0.0297. The van der Waals surface area contributed by atoms with Gasteiger partial charge in [0.2, 0.25) is 5.91 Å². The van der Waals surface area contributed by atoms with Gasteiger partial charge in [-0.3, -0.25) is 14.4 Å². The number of rotatable bonds is 58. The van der Waals surface area contributed by atoms with Crippen LogP contribution in [-0.4, -0.2) is 74.1 Å². The number of hydrogen-bond donors (Lipinski definition) is 0. The van der Waals surface area contributed by atoms with Crippen molar-refractivity contribution in [1.82, 2.24) is 9.80 Å². The molecule has 3 unspecified atom stereocenters. The molecular formula is C66H130N2O5. The van der Waals surface area contributed by atoms with Crippen molar-refractivity contribution in [1.29, 1.82) is 0 Å². The Labute approximate surface area is 457 Å². The first kappa shape index (κ1) is 71.4. The smallest absolute Gasteiger partial charge is 0.305 e. The molecule has 0 saturated heterocycles. The lowest BCUT2D eigenvalue weighted by Gasteiger charge is -2.35. The van der Waals surface area contributed by atoms with Crippen molar-refractivity contribution in [3.05, 3.63) is 0 Å². The lowest BCUT2D eigenvalue weighted by atomic mass is 9.94. The predicted octanol–water partition coefficient (Wildman–Crippen LogP) is 20.1. The van der Waals surface area contributed by atoms with Gasteiger partial charge in [-0.25, -0.2) is 0 Å². The molecule has 7 heteroatoms. The zero-order valence-corrected chi connectivity index (χ0v) is 50.8. The molecule has 0 aliphatic carbocycles. The highest BCUT2D eigenvalue weighted by Gasteiger charge is 2.28. The monoisotopic (exact) mass is 1030 g/mol. The highest BCUT2D eigenvalue weighted by Crippen LogP contribution is 2.26. The first-order valence-electron chi connectivity index (χ1n) is 32.9. The average Bonchev–Trinajstić information content (AvgIpc) is 3.38. The maximum Gasteiger partial charge on any atom is 0.305 e. The van der Waals surface area contributed by atoms with Crippen LogP contribution in [0.2, 0.25) is 0 Å². The van der Waals surface area contributed by atoms with Gasteiger partial charge in [0, 0.05) is 31.3 Å². The maximum atomic E-state index is 14.4. The molecule has 0 fully saturated rings. The van der Waals surface area contributed by atoms with Gasteiger partial charge in [0.25, 0.3) is 0 Å². The van der Waals surface area contributed by atoms with Crippen LogP contribution >= 0.6 is 0 Å². The Morgan fingerprint density at radius 3 is 0.986 bits per heavy atom. The van der Waals surface area contributed by atoms with Crippen molar-refractivity contribution in [2.45, 2.75) is 349 Å². The molecule has 0 rings (SSSR count). The summed E-state index contributed by atoms with van der Waals surface area (Å²) in [5, 5.41) is 0. The molecule has 0 aliphatic rings. The van der Waals surface area contributed by atoms with E-state index in [1.165, 1.54) is 205 Å². The Bertz CT molecular complexity index is 1110. The zero-order chi connectivity index (χ0) is 53.7. The zero-order valence-electron chi connectivity index (χ0n) is 50.8. The van der Waals surface area contributed by atoms with E-state index in [1.807, 2.05) is 0 Å². The molecule has 434 valence electrons. The molecule has 0 radical (unpaired) electrons. The highest BCUT2D eigenvalue weighted by atomic mass is 16.5. The van der Waals surface area contributed by atoms with Crippen molar-refractivity contribution in [3.63, 3.8) is 0 Å². The summed E-state index contributed by atoms with van der Waals surface area (Å²) < 4.78 is 12.0. The van der Waals surface area contributed by atoms with E-state index in [0.29, 0.717) is 43.8 Å². The normalized spacial score (nSPS) is 13.3. The Morgan fingerprint density at radius 1 is 0.342 bits per heavy atom. The molecule has 0 saturated carbocycles. The Kier molecular flexibility index (Phi) is 53.9. The summed E-state index contributed by atoms with van der Waals surface area (Å²) in [4.78, 5) is 45.3. The molecular weight excluding hydrogens is 901 g/mol. The van der Waals surface area contributed by atoms with Crippen LogP contribution in [0.3, 0.4) is 0 Å². The minimum absolute atomic E-state index is 0.0297. The van der Waals surface area contributed by atoms with Gasteiger partial charge in [0.15, 0.2) is 0 Å². The van der Waals surface area contributed by atoms with Crippen molar-refractivity contribution in [2.75, 3.05) is 40.4 Å². The number of nitrogens with zero attached hydrogens (tertiary/aromatic N) is 2. The van der Waals surface area contributed by atoms with E-state index in [-0.39, 0.29) is 23.9 Å². The average molecular weight is 1030 g/mol. The van der Waals surface area contributed by atoms with E-state index < -0.39 is 0 Å². The quantitative estimate of drug-likeness (QED) is 0.0446. The summed E-state index contributed by atoms with van der Waals surface area (Å²) in [6.45, 7) is 16.5. The predicted molar refractivity (Wildman–Crippen MR) is 317 cm³/mol. The van der Waals surface area contributed by atoms with Gasteiger partial charge in [-0.1, -0.05) is 260 Å². The van der Waals surface area contributed by atoms with Gasteiger partial charge < -0.3 is 19.3 Å². The van der Waals surface area contributed by atoms with E-state index >= 15 is 0 Å². The van der Waals surface area contributed by atoms with E-state index in [9.17, 15) is 14.4 Å². The fraction of sp³-hybridized carbons (Fsp3) is 0.955. The molecule has 0 spiro atoms. The second-order valence-corrected chi connectivity index (χ2v) is 23.5. The molecule has 3 atom stereocenters. The van der Waals surface area contributed by atoms with Crippen molar-refractivity contribution in [2.24, 2.45) is 17.8 Å². The molecule has 7 nitrogen and oxygen atoms in total. The Morgan fingerprint density at radius 2 is 0.658 bits per heavy atom. The summed E-state index contributed by atoms with van der Waals surface area (Å²) in [7, 11) is 4.24. The third-order valence-corrected chi connectivity index (χ3v) is 16.1. The number of unbranched alkanes of at least 4 members (excludes halogenated alkanes) is 29. The van der Waals surface area contributed by atoms with Crippen molar-refractivity contribution < 1.29 is 23.9 Å². The number of ether oxygens (including phenoxy) is 2. The van der Waals surface area contributed by atoms with Crippen LogP contribution in [-0.2, 0) is 23.9 Å². The molecule has 0 aromatic heterocycles. The van der Waals surface area contributed by atoms with Crippen LogP contribution in [0, 0.1) is 17.8 Å². The topological polar surface area (TPSA) is 76.2 Å². The Balaban J connectivity index is 5.44. The van der Waals surface area contributed by atoms with Gasteiger partial charge in [0.1, 0.15) is 0 Å². The van der Waals surface area contributed by atoms with Gasteiger partial charge in [0.05, 0.1) is 13.2 Å². The molecule has 0 aromatic rings. The van der Waals surface area contributed by atoms with Crippen LogP contribution in [0.1, 0.15) is 343 Å². The second kappa shape index (κ2) is 55.1. The maximum absolute atomic E-state index is 14.4. The molecule has 0 bridgehead atoms. The van der Waals surface area contributed by atoms with Gasteiger partial charge in [-0.05, 0) is 103 Å². The number of carbonyl (C=O) groups is 3. The number of esters is 2. The molecule has 1 amide bonds. The SMILES string of the molecule is CCCCCCCCCCC(CCCCCCCC)COC(=O)CCCCCC(CCCCCC(=O)OCC(CCCCCCCC)CCCCCCCCCC)N(CCCN(C)C)C(=O)C(CC)CCCC. The van der Waals surface area contributed by atoms with Crippen molar-refractivity contribution in [3.8, 4) is 0 Å². The molecule has 0 aliphatic heterocycles. The fourth-order valence-corrected chi connectivity index (χ4v) is 11.1. The fourth-order valence-electron chi connectivity index (χ4n) is 11.1. The largest absolute Gasteiger partial charge is 0.465 e. The van der Waals surface area contributed by atoms with Gasteiger partial charge in [-0.15, -0.1) is 0 Å². The third kappa shape index (κ3) is 46.2. The third-order valence-electron chi connectivity index (χ3n) is 16.1. The second-order valence-electron chi connectivity index (χ2n) is 23.5. The van der Waals surface area contributed by atoms with Crippen molar-refractivity contribution >= 4 is 17.8 Å². The number of hydrogen-bond acceptors (Lipinski definition) is 6. The Hall–Kier alpha value is -1.63. The van der Waals surface area contributed by atoms with Gasteiger partial charge >= 0.3 is 11.9 Å².